The molecule has 4 aromatic carbocycles. The first-order valence-electron chi connectivity index (χ1n) is 19.3. The van der Waals surface area contributed by atoms with Crippen molar-refractivity contribution in [1.82, 2.24) is 34.1 Å². The average molecular weight is 762 g/mol. The summed E-state index contributed by atoms with van der Waals surface area (Å²) in [5.74, 6) is 1.39. The maximum atomic E-state index is 13.1. The maximum Gasteiger partial charge on any atom is 0.138 e. The van der Waals surface area contributed by atoms with Gasteiger partial charge in [-0.3, -0.25) is 9.80 Å². The molecule has 4 heterocycles. The minimum Gasteiger partial charge on any atom is -0.494 e. The third-order valence-corrected chi connectivity index (χ3v) is 10.1. The molecule has 0 aliphatic carbocycles. The minimum absolute atomic E-state index is 0.182. The molecule has 8 rings (SSSR count). The van der Waals surface area contributed by atoms with Gasteiger partial charge in [0.2, 0.25) is 0 Å². The van der Waals surface area contributed by atoms with Gasteiger partial charge in [0, 0.05) is 94.9 Å². The highest BCUT2D eigenvalue weighted by molar-refractivity contribution is 5.47. The van der Waals surface area contributed by atoms with Crippen molar-refractivity contribution in [3.63, 3.8) is 0 Å². The highest BCUT2D eigenvalue weighted by atomic mass is 19.1. The molecule has 0 radical (unpaired) electrons. The smallest absolute Gasteiger partial charge is 0.138 e. The summed E-state index contributed by atoms with van der Waals surface area (Å²) in [5, 5.41) is 4.11. The molecule has 0 N–H and O–H groups in total. The molecule has 11 nitrogen and oxygen atoms in total. The number of rotatable bonds is 14. The molecular formula is C43H49F2N9O2. The Labute approximate surface area is 327 Å². The summed E-state index contributed by atoms with van der Waals surface area (Å²) in [4.78, 5) is 17.6. The van der Waals surface area contributed by atoms with Crippen LogP contribution < -0.4 is 19.3 Å². The zero-order valence-corrected chi connectivity index (χ0v) is 31.6. The van der Waals surface area contributed by atoms with Gasteiger partial charge in [0.05, 0.1) is 25.2 Å². The van der Waals surface area contributed by atoms with Crippen LogP contribution in [0.5, 0.6) is 11.5 Å². The molecule has 0 atom stereocenters. The van der Waals surface area contributed by atoms with Gasteiger partial charge in [0.25, 0.3) is 0 Å². The van der Waals surface area contributed by atoms with E-state index < -0.39 is 0 Å². The minimum atomic E-state index is -0.185. The Morgan fingerprint density at radius 1 is 0.500 bits per heavy atom. The number of nitrogens with zero attached hydrogens (tertiary/aromatic N) is 9. The number of imidazole rings is 1. The van der Waals surface area contributed by atoms with Gasteiger partial charge < -0.3 is 23.8 Å². The lowest BCUT2D eigenvalue weighted by Gasteiger charge is -2.36. The highest BCUT2D eigenvalue weighted by Gasteiger charge is 2.18. The Kier molecular flexibility index (Phi) is 13.5. The van der Waals surface area contributed by atoms with Gasteiger partial charge in [0.15, 0.2) is 0 Å². The predicted molar refractivity (Wildman–Crippen MR) is 215 cm³/mol. The van der Waals surface area contributed by atoms with Crippen LogP contribution in [0.15, 0.2) is 128 Å². The van der Waals surface area contributed by atoms with Crippen LogP contribution in [0.2, 0.25) is 0 Å². The first-order valence-corrected chi connectivity index (χ1v) is 19.3. The Morgan fingerprint density at radius 3 is 1.39 bits per heavy atom. The Hall–Kier alpha value is -5.79. The molecule has 6 aromatic rings. The Bertz CT molecular complexity index is 1830. The molecule has 13 heteroatoms. The van der Waals surface area contributed by atoms with Crippen LogP contribution in [0.25, 0.3) is 11.4 Å². The van der Waals surface area contributed by atoms with E-state index in [0.717, 1.165) is 113 Å². The van der Waals surface area contributed by atoms with Gasteiger partial charge in [-0.1, -0.05) is 0 Å². The zero-order chi connectivity index (χ0) is 38.4. The number of aromatic nitrogens is 5. The van der Waals surface area contributed by atoms with Gasteiger partial charge >= 0.3 is 0 Å². The number of hydrogen-bond acceptors (Lipinski definition) is 9. The second kappa shape index (κ2) is 19.7. The van der Waals surface area contributed by atoms with Gasteiger partial charge in [-0.2, -0.15) is 5.10 Å². The average Bonchev–Trinajstić information content (AvgIpc) is 4.00. The summed E-state index contributed by atoms with van der Waals surface area (Å²) in [6.45, 7) is 11.4. The van der Waals surface area contributed by atoms with E-state index in [2.05, 4.69) is 34.7 Å². The predicted octanol–water partition coefficient (Wildman–Crippen LogP) is 6.60. The lowest BCUT2D eigenvalue weighted by Crippen LogP contribution is -2.46. The van der Waals surface area contributed by atoms with E-state index in [9.17, 15) is 8.78 Å². The summed E-state index contributed by atoms with van der Waals surface area (Å²) in [6.07, 6.45) is 10.7. The third kappa shape index (κ3) is 11.1. The molecular weight excluding hydrogens is 713 g/mol. The van der Waals surface area contributed by atoms with Crippen LogP contribution in [-0.2, 0) is 0 Å². The summed E-state index contributed by atoms with van der Waals surface area (Å²) < 4.78 is 41.5. The fourth-order valence-corrected chi connectivity index (χ4v) is 6.88. The van der Waals surface area contributed by atoms with Crippen molar-refractivity contribution in [2.24, 2.45) is 0 Å². The van der Waals surface area contributed by atoms with Crippen LogP contribution in [0, 0.1) is 11.6 Å². The first-order chi connectivity index (χ1) is 27.6. The third-order valence-electron chi connectivity index (χ3n) is 10.1. The lowest BCUT2D eigenvalue weighted by atomic mass is 10.2. The fourth-order valence-electron chi connectivity index (χ4n) is 6.88. The number of ether oxygens (including phenoxy) is 2. The van der Waals surface area contributed by atoms with Crippen LogP contribution in [-0.4, -0.2) is 113 Å². The summed E-state index contributed by atoms with van der Waals surface area (Å²) >= 11 is 0. The van der Waals surface area contributed by atoms with E-state index in [4.69, 9.17) is 9.47 Å². The Balaban J connectivity index is 0.000000172. The topological polar surface area (TPSA) is 80.0 Å². The molecule has 2 fully saturated rings. The standard InChI is InChI=1S/C22H25FN4O.C21H24FN5O/c23-19-2-4-20(5-3-19)26-15-13-25(14-16-26)11-1-17-28-22-8-6-21(7-9-22)27-12-10-24-18-27;22-18-2-4-19(5-3-18)26-13-11-25(12-14-26)10-1-15-28-21-8-6-20(7-9-21)27-17-23-16-24-27/h2-10,12,18H,1,11,13-17H2;2-9,16-17H,1,10-15H2. The molecule has 0 saturated carbocycles. The van der Waals surface area contributed by atoms with Crippen LogP contribution in [0.3, 0.4) is 0 Å². The van der Waals surface area contributed by atoms with E-state index in [1.165, 1.54) is 30.6 Å². The van der Waals surface area contributed by atoms with Crippen LogP contribution in [0.4, 0.5) is 20.2 Å². The van der Waals surface area contributed by atoms with Crippen molar-refractivity contribution < 1.29 is 18.3 Å². The van der Waals surface area contributed by atoms with Crippen LogP contribution >= 0.6 is 0 Å². The van der Waals surface area contributed by atoms with Crippen molar-refractivity contribution in [1.29, 1.82) is 0 Å². The number of benzene rings is 4. The maximum absolute atomic E-state index is 13.1. The van der Waals surface area contributed by atoms with E-state index in [1.54, 1.807) is 23.5 Å². The normalized spacial score (nSPS) is 15.0. The van der Waals surface area contributed by atoms with Gasteiger partial charge in [-0.25, -0.2) is 23.4 Å². The molecule has 0 bridgehead atoms. The van der Waals surface area contributed by atoms with E-state index in [-0.39, 0.29) is 11.6 Å². The van der Waals surface area contributed by atoms with Crippen molar-refractivity contribution >= 4 is 11.4 Å². The zero-order valence-electron chi connectivity index (χ0n) is 31.6. The van der Waals surface area contributed by atoms with E-state index >= 15 is 0 Å². The second-order valence-corrected chi connectivity index (χ2v) is 13.8. The molecule has 2 aliphatic rings. The number of halogens is 2. The van der Waals surface area contributed by atoms with Crippen molar-refractivity contribution in [2.45, 2.75) is 12.8 Å². The molecule has 0 unspecified atom stereocenters. The van der Waals surface area contributed by atoms with Gasteiger partial charge in [0.1, 0.15) is 35.8 Å². The molecule has 0 spiro atoms. The summed E-state index contributed by atoms with van der Waals surface area (Å²) in [7, 11) is 0. The highest BCUT2D eigenvalue weighted by Crippen LogP contribution is 2.20. The molecule has 0 amide bonds. The van der Waals surface area contributed by atoms with Gasteiger partial charge in [-0.05, 0) is 110 Å². The molecule has 292 valence electrons. The van der Waals surface area contributed by atoms with E-state index in [0.29, 0.717) is 13.2 Å². The number of hydrogen-bond donors (Lipinski definition) is 0. The monoisotopic (exact) mass is 761 g/mol. The molecule has 2 aliphatic heterocycles. The first kappa shape index (κ1) is 38.5. The van der Waals surface area contributed by atoms with Crippen LogP contribution in [0.1, 0.15) is 12.8 Å². The van der Waals surface area contributed by atoms with Crippen molar-refractivity contribution in [2.75, 3.05) is 88.5 Å². The van der Waals surface area contributed by atoms with Crippen molar-refractivity contribution in [3.05, 3.63) is 140 Å². The van der Waals surface area contributed by atoms with E-state index in [1.807, 2.05) is 83.6 Å². The van der Waals surface area contributed by atoms with Gasteiger partial charge in [-0.15, -0.1) is 0 Å². The quantitative estimate of drug-likeness (QED) is 0.114. The SMILES string of the molecule is Fc1ccc(N2CCN(CCCOc3ccc(-n4ccnc4)cc3)CC2)cc1.Fc1ccc(N2CCN(CCCOc3ccc(-n4cncn4)cc3)CC2)cc1. The lowest BCUT2D eigenvalue weighted by molar-refractivity contribution is 0.224. The fraction of sp³-hybridized carbons (Fsp3) is 0.326. The summed E-state index contributed by atoms with van der Waals surface area (Å²) in [6, 6.07) is 29.4. The molecule has 2 saturated heterocycles. The Morgan fingerprint density at radius 2 is 0.964 bits per heavy atom. The second-order valence-electron chi connectivity index (χ2n) is 13.8. The molecule has 2 aromatic heterocycles. The number of piperazine rings is 2. The largest absolute Gasteiger partial charge is 0.494 e. The number of anilines is 2. The van der Waals surface area contributed by atoms with Crippen molar-refractivity contribution in [3.8, 4) is 22.9 Å². The molecule has 56 heavy (non-hydrogen) atoms. The summed E-state index contributed by atoms with van der Waals surface area (Å²) in [5.41, 5.74) is 4.23.